The molecule has 0 N–H and O–H groups in total. The molecule has 1 saturated heterocycles. The summed E-state index contributed by atoms with van der Waals surface area (Å²) in [5.74, 6) is -0.347. The highest BCUT2D eigenvalue weighted by atomic mass is 32.1. The molecular formula is C27H33N3O4S. The summed E-state index contributed by atoms with van der Waals surface area (Å²) in [7, 11) is 3.13. The van der Waals surface area contributed by atoms with Gasteiger partial charge >= 0.3 is 5.97 Å². The van der Waals surface area contributed by atoms with Gasteiger partial charge in [0.05, 0.1) is 18.8 Å². The summed E-state index contributed by atoms with van der Waals surface area (Å²) in [5, 5.41) is 10.4. The van der Waals surface area contributed by atoms with Crippen LogP contribution in [0.25, 0.3) is 21.1 Å². The molecule has 186 valence electrons. The Morgan fingerprint density at radius 2 is 1.49 bits per heavy atom. The third kappa shape index (κ3) is 6.87. The average Bonchev–Trinajstić information content (AvgIpc) is 3.41. The number of unbranched alkanes of at least 4 members (excludes halogenated alkanes) is 2. The van der Waals surface area contributed by atoms with Gasteiger partial charge in [0, 0.05) is 50.2 Å². The smallest absolute Gasteiger partial charge is 0.337 e. The highest BCUT2D eigenvalue weighted by molar-refractivity contribution is 7.17. The second-order valence-corrected chi connectivity index (χ2v) is 9.62. The number of hydrogen-bond donors (Lipinski definition) is 0. The van der Waals surface area contributed by atoms with Gasteiger partial charge in [-0.05, 0) is 68.5 Å². The molecule has 1 aliphatic heterocycles. The lowest BCUT2D eigenvalue weighted by Gasteiger charge is -2.33. The van der Waals surface area contributed by atoms with E-state index in [1.807, 2.05) is 12.1 Å². The maximum absolute atomic E-state index is 11.6. The zero-order valence-electron chi connectivity index (χ0n) is 20.4. The minimum atomic E-state index is -0.347. The van der Waals surface area contributed by atoms with Crippen LogP contribution in [0, 0.1) is 0 Å². The number of piperidine rings is 1. The number of ether oxygens (including phenoxy) is 3. The van der Waals surface area contributed by atoms with Crippen LogP contribution in [0.5, 0.6) is 0 Å². The summed E-state index contributed by atoms with van der Waals surface area (Å²) in [6, 6.07) is 15.8. The Hall–Kier alpha value is -2.81. The largest absolute Gasteiger partial charge is 0.465 e. The van der Waals surface area contributed by atoms with Crippen LogP contribution in [-0.2, 0) is 14.2 Å². The normalized spacial score (nSPS) is 14.3. The third-order valence-corrected chi connectivity index (χ3v) is 7.27. The van der Waals surface area contributed by atoms with Gasteiger partial charge in [0.1, 0.15) is 10.0 Å². The number of carbonyl (C=O) groups is 1. The first-order valence-electron chi connectivity index (χ1n) is 12.2. The lowest BCUT2D eigenvalue weighted by Crippen LogP contribution is -2.37. The summed E-state index contributed by atoms with van der Waals surface area (Å²) in [5.41, 5.74) is 3.73. The molecule has 35 heavy (non-hydrogen) atoms. The number of benzene rings is 2. The van der Waals surface area contributed by atoms with Crippen LogP contribution in [0.1, 0.15) is 42.5 Å². The molecule has 0 radical (unpaired) electrons. The third-order valence-electron chi connectivity index (χ3n) is 6.25. The van der Waals surface area contributed by atoms with Crippen molar-refractivity contribution in [2.75, 3.05) is 45.4 Å². The average molecular weight is 496 g/mol. The maximum atomic E-state index is 11.6. The van der Waals surface area contributed by atoms with Gasteiger partial charge < -0.3 is 19.1 Å². The summed E-state index contributed by atoms with van der Waals surface area (Å²) >= 11 is 1.54. The van der Waals surface area contributed by atoms with Gasteiger partial charge in [-0.2, -0.15) is 0 Å². The van der Waals surface area contributed by atoms with E-state index in [1.54, 1.807) is 19.2 Å². The van der Waals surface area contributed by atoms with Crippen molar-refractivity contribution in [3.05, 3.63) is 54.1 Å². The van der Waals surface area contributed by atoms with Crippen molar-refractivity contribution in [3.8, 4) is 21.1 Å². The number of rotatable bonds is 11. The van der Waals surface area contributed by atoms with E-state index in [0.717, 1.165) is 79.5 Å². The Morgan fingerprint density at radius 1 is 0.886 bits per heavy atom. The molecule has 3 aromatic rings. The minimum absolute atomic E-state index is 0.347. The first kappa shape index (κ1) is 25.3. The number of hydrogen-bond acceptors (Lipinski definition) is 8. The van der Waals surface area contributed by atoms with Crippen LogP contribution in [0.4, 0.5) is 5.69 Å². The fourth-order valence-electron chi connectivity index (χ4n) is 4.19. The summed E-state index contributed by atoms with van der Waals surface area (Å²) in [6.07, 6.45) is 5.88. The molecule has 2 heterocycles. The Kier molecular flexibility index (Phi) is 9.22. The Bertz CT molecular complexity index is 1060. The SMILES string of the molecule is COCCCCCOC1CCN(c2ccc(-c3nnc(-c4ccc(C(=O)OC)cc4)s3)cc2)CC1. The topological polar surface area (TPSA) is 73.8 Å². The molecule has 1 fully saturated rings. The molecule has 0 unspecified atom stereocenters. The molecule has 0 aliphatic carbocycles. The zero-order chi connectivity index (χ0) is 24.5. The van der Waals surface area contributed by atoms with Crippen molar-refractivity contribution >= 4 is 23.0 Å². The van der Waals surface area contributed by atoms with E-state index in [0.29, 0.717) is 11.7 Å². The highest BCUT2D eigenvalue weighted by Crippen LogP contribution is 2.31. The maximum Gasteiger partial charge on any atom is 0.337 e. The minimum Gasteiger partial charge on any atom is -0.465 e. The molecule has 0 bridgehead atoms. The van der Waals surface area contributed by atoms with Crippen LogP contribution in [0.3, 0.4) is 0 Å². The molecule has 4 rings (SSSR count). The van der Waals surface area contributed by atoms with Crippen LogP contribution < -0.4 is 4.90 Å². The number of nitrogens with zero attached hydrogens (tertiary/aromatic N) is 3. The Balaban J connectivity index is 1.27. The van der Waals surface area contributed by atoms with E-state index in [-0.39, 0.29) is 5.97 Å². The van der Waals surface area contributed by atoms with Gasteiger partial charge in [0.2, 0.25) is 0 Å². The fourth-order valence-corrected chi connectivity index (χ4v) is 5.05. The van der Waals surface area contributed by atoms with Crippen molar-refractivity contribution in [3.63, 3.8) is 0 Å². The number of methoxy groups -OCH3 is 2. The van der Waals surface area contributed by atoms with Crippen LogP contribution in [0.15, 0.2) is 48.5 Å². The molecule has 1 aliphatic rings. The van der Waals surface area contributed by atoms with Crippen molar-refractivity contribution in [2.45, 2.75) is 38.2 Å². The van der Waals surface area contributed by atoms with Gasteiger partial charge in [0.15, 0.2) is 0 Å². The quantitative estimate of drug-likeness (QED) is 0.258. The predicted molar refractivity (Wildman–Crippen MR) is 139 cm³/mol. The van der Waals surface area contributed by atoms with Crippen molar-refractivity contribution in [1.29, 1.82) is 0 Å². The number of aromatic nitrogens is 2. The molecule has 8 heteroatoms. The molecule has 0 spiro atoms. The number of anilines is 1. The number of esters is 1. The van der Waals surface area contributed by atoms with Crippen molar-refractivity contribution in [1.82, 2.24) is 10.2 Å². The van der Waals surface area contributed by atoms with Gasteiger partial charge in [0.25, 0.3) is 0 Å². The van der Waals surface area contributed by atoms with Gasteiger partial charge in [-0.1, -0.05) is 23.5 Å². The fraction of sp³-hybridized carbons (Fsp3) is 0.444. The Labute approximate surface area is 211 Å². The first-order valence-corrected chi connectivity index (χ1v) is 13.0. The van der Waals surface area contributed by atoms with E-state index < -0.39 is 0 Å². The van der Waals surface area contributed by atoms with E-state index in [9.17, 15) is 4.79 Å². The van der Waals surface area contributed by atoms with Gasteiger partial charge in [-0.3, -0.25) is 0 Å². The zero-order valence-corrected chi connectivity index (χ0v) is 21.3. The second-order valence-electron chi connectivity index (χ2n) is 8.64. The van der Waals surface area contributed by atoms with Gasteiger partial charge in [-0.15, -0.1) is 10.2 Å². The number of carbonyl (C=O) groups excluding carboxylic acids is 1. The van der Waals surface area contributed by atoms with Crippen molar-refractivity contribution < 1.29 is 19.0 Å². The van der Waals surface area contributed by atoms with E-state index in [2.05, 4.69) is 39.4 Å². The molecule has 7 nitrogen and oxygen atoms in total. The molecule has 0 amide bonds. The first-order chi connectivity index (χ1) is 17.2. The summed E-state index contributed by atoms with van der Waals surface area (Å²) in [6.45, 7) is 3.71. The van der Waals surface area contributed by atoms with Crippen molar-refractivity contribution in [2.24, 2.45) is 0 Å². The lowest BCUT2D eigenvalue weighted by molar-refractivity contribution is 0.0340. The standard InChI is InChI=1S/C27H33N3O4S/c1-32-18-4-3-5-19-34-24-14-16-30(17-15-24)23-12-10-21(11-13-23)26-29-28-25(35-26)20-6-8-22(9-7-20)27(31)33-2/h6-13,24H,3-5,14-19H2,1-2H3. The van der Waals surface area contributed by atoms with E-state index in [4.69, 9.17) is 14.2 Å². The summed E-state index contributed by atoms with van der Waals surface area (Å²) in [4.78, 5) is 14.1. The monoisotopic (exact) mass is 495 g/mol. The summed E-state index contributed by atoms with van der Waals surface area (Å²) < 4.78 is 15.9. The molecule has 1 aromatic heterocycles. The Morgan fingerprint density at radius 3 is 2.09 bits per heavy atom. The van der Waals surface area contributed by atoms with E-state index >= 15 is 0 Å². The van der Waals surface area contributed by atoms with Gasteiger partial charge in [-0.25, -0.2) is 4.79 Å². The highest BCUT2D eigenvalue weighted by Gasteiger charge is 2.20. The predicted octanol–water partition coefficient (Wildman–Crippen LogP) is 5.46. The van der Waals surface area contributed by atoms with Crippen LogP contribution in [-0.4, -0.2) is 62.8 Å². The molecule has 2 aromatic carbocycles. The second kappa shape index (κ2) is 12.8. The van der Waals surface area contributed by atoms with E-state index in [1.165, 1.54) is 24.1 Å². The van der Waals surface area contributed by atoms with Crippen LogP contribution >= 0.6 is 11.3 Å². The van der Waals surface area contributed by atoms with Crippen LogP contribution in [0.2, 0.25) is 0 Å². The molecule has 0 atom stereocenters. The molecular weight excluding hydrogens is 462 g/mol. The molecule has 0 saturated carbocycles. The lowest BCUT2D eigenvalue weighted by atomic mass is 10.1.